The molecule has 193 valence electrons. The molecule has 0 amide bonds. The number of nitrogens with one attached hydrogen (secondary N) is 1. The summed E-state index contributed by atoms with van der Waals surface area (Å²) in [5.41, 5.74) is 0.135. The summed E-state index contributed by atoms with van der Waals surface area (Å²) in [5, 5.41) is 13.9. The molecule has 0 unspecified atom stereocenters. The van der Waals surface area contributed by atoms with E-state index in [1.807, 2.05) is 13.8 Å². The maximum atomic E-state index is 15.1. The Morgan fingerprint density at radius 3 is 2.40 bits per heavy atom. The number of alkyl halides is 2. The minimum absolute atomic E-state index is 0. The molecule has 0 bridgehead atoms. The fourth-order valence-electron chi connectivity index (χ4n) is 4.25. The van der Waals surface area contributed by atoms with Crippen molar-refractivity contribution in [1.82, 2.24) is 19.5 Å². The van der Waals surface area contributed by atoms with Gasteiger partial charge in [0.05, 0.1) is 22.4 Å². The number of fused-ring (bicyclic) bond motifs is 1. The first-order valence-electron chi connectivity index (χ1n) is 11.0. The summed E-state index contributed by atoms with van der Waals surface area (Å²) in [6, 6.07) is 2.77. The second kappa shape index (κ2) is 10.7. The van der Waals surface area contributed by atoms with E-state index < -0.39 is 17.3 Å². The van der Waals surface area contributed by atoms with Crippen LogP contribution in [0.2, 0.25) is 5.02 Å². The van der Waals surface area contributed by atoms with Gasteiger partial charge in [0.1, 0.15) is 16.9 Å². The van der Waals surface area contributed by atoms with Crippen molar-refractivity contribution in [3.63, 3.8) is 0 Å². The van der Waals surface area contributed by atoms with Gasteiger partial charge in [-0.3, -0.25) is 0 Å². The molecule has 0 saturated heterocycles. The van der Waals surface area contributed by atoms with Crippen molar-refractivity contribution in [1.29, 1.82) is 0 Å². The van der Waals surface area contributed by atoms with Crippen LogP contribution in [-0.2, 0) is 25.4 Å². The van der Waals surface area contributed by atoms with Crippen LogP contribution >= 0.6 is 11.6 Å². The molecule has 2 N–H and O–H groups in total. The van der Waals surface area contributed by atoms with Gasteiger partial charge in [0.15, 0.2) is 5.82 Å². The number of hydrogen-bond donors (Lipinski definition) is 2. The first kappa shape index (κ1) is 29.5. The van der Waals surface area contributed by atoms with Gasteiger partial charge in [-0.2, -0.15) is 0 Å². The number of imidazole rings is 1. The van der Waals surface area contributed by atoms with Crippen LogP contribution < -0.4 is 5.32 Å². The van der Waals surface area contributed by atoms with Crippen molar-refractivity contribution in [2.75, 3.05) is 5.32 Å². The van der Waals surface area contributed by atoms with Crippen LogP contribution in [0, 0.1) is 13.2 Å². The largest absolute Gasteiger partial charge is 1.00 e. The van der Waals surface area contributed by atoms with Crippen molar-refractivity contribution in [3.05, 3.63) is 42.4 Å². The summed E-state index contributed by atoms with van der Waals surface area (Å²) in [5.74, 6) is -2.59. The number of rotatable bonds is 5. The molecule has 2 aromatic heterocycles. The molecule has 3 aromatic rings. The van der Waals surface area contributed by atoms with Gasteiger partial charge in [-0.15, -0.1) is 0 Å². The van der Waals surface area contributed by atoms with Crippen molar-refractivity contribution in [3.8, 4) is 11.3 Å². The maximum Gasteiger partial charge on any atom is 1.00 e. The average molecular weight is 687 g/mol. The zero-order chi connectivity index (χ0) is 24.1. The predicted molar refractivity (Wildman–Crippen MR) is 129 cm³/mol. The molecule has 6 nitrogen and oxygen atoms in total. The molecule has 1 saturated carbocycles. The molecule has 2 heterocycles. The third-order valence-corrected chi connectivity index (χ3v) is 6.16. The molecule has 0 aliphatic heterocycles. The van der Waals surface area contributed by atoms with Crippen molar-refractivity contribution < 1.29 is 38.1 Å². The zero-order valence-corrected chi connectivity index (χ0v) is 23.6. The number of aliphatic hydroxyl groups is 1. The Labute approximate surface area is 221 Å². The summed E-state index contributed by atoms with van der Waals surface area (Å²) in [6.07, 6.45) is 1.66. The van der Waals surface area contributed by atoms with Crippen LogP contribution in [0.3, 0.4) is 0 Å². The van der Waals surface area contributed by atoms with Gasteiger partial charge in [-0.1, -0.05) is 11.6 Å². The maximum absolute atomic E-state index is 15.1. The second-order valence-electron chi connectivity index (χ2n) is 9.45. The van der Waals surface area contributed by atoms with Crippen molar-refractivity contribution in [2.24, 2.45) is 0 Å². The molecule has 0 spiro atoms. The monoisotopic (exact) mass is 688 g/mol. The molecular weight excluding hydrogens is 657 g/mol. The van der Waals surface area contributed by atoms with Crippen LogP contribution in [0.25, 0.3) is 22.3 Å². The minimum Gasteiger partial charge on any atom is -0.383 e. The summed E-state index contributed by atoms with van der Waals surface area (Å²) < 4.78 is 43.8. The summed E-state index contributed by atoms with van der Waals surface area (Å²) >= 11 is 6.36. The smallest absolute Gasteiger partial charge is 0.383 e. The molecule has 4 rings (SSSR count). The Balaban J connectivity index is 0.00000216. The molecule has 11 heteroatoms. The molecule has 1 radical (unpaired) electrons. The van der Waals surface area contributed by atoms with E-state index in [1.54, 1.807) is 24.5 Å². The van der Waals surface area contributed by atoms with E-state index in [-0.39, 0.29) is 68.6 Å². The van der Waals surface area contributed by atoms with Gasteiger partial charge in [-0.05, 0) is 52.7 Å². The van der Waals surface area contributed by atoms with Gasteiger partial charge in [0.2, 0.25) is 11.9 Å². The topological polar surface area (TPSA) is 75.9 Å². The van der Waals surface area contributed by atoms with E-state index in [1.165, 1.54) is 12.3 Å². The fourth-order valence-corrected chi connectivity index (χ4v) is 4.45. The quantitative estimate of drug-likeness (QED) is 0.299. The average Bonchev–Trinajstić information content (AvgIpc) is 3.12. The standard InChI is InChI=1S/C23H27ClF3N5O.CH3.Os/c1-12(2)32-17-10-13(9-16(25)19(17)30-20(32)22(3,4)33)18-15(24)11-28-21(31-18)29-14-5-7-23(26,27)8-6-14;;/h9-12,14,33H,5-8H2,1-4H3,(H,28,29,31);1H3;/q;-1;+1. The molecule has 1 fully saturated rings. The number of halogens is 4. The Morgan fingerprint density at radius 2 is 1.83 bits per heavy atom. The number of hydrogen-bond acceptors (Lipinski definition) is 5. The third kappa shape index (κ3) is 6.15. The zero-order valence-electron chi connectivity index (χ0n) is 20.3. The minimum atomic E-state index is -2.63. The summed E-state index contributed by atoms with van der Waals surface area (Å²) in [7, 11) is 0. The normalized spacial score (nSPS) is 16.2. The first-order chi connectivity index (χ1) is 15.4. The van der Waals surface area contributed by atoms with Gasteiger partial charge < -0.3 is 22.4 Å². The molecule has 1 aromatic carbocycles. The molecule has 1 aliphatic rings. The van der Waals surface area contributed by atoms with Gasteiger partial charge in [-0.25, -0.2) is 28.1 Å². The molecule has 0 atom stereocenters. The van der Waals surface area contributed by atoms with E-state index in [0.29, 0.717) is 35.4 Å². The van der Waals surface area contributed by atoms with Gasteiger partial charge in [0, 0.05) is 30.5 Å². The second-order valence-corrected chi connectivity index (χ2v) is 9.86. The van der Waals surface area contributed by atoms with Crippen molar-refractivity contribution >= 4 is 28.6 Å². The number of nitrogens with zero attached hydrogens (tertiary/aromatic N) is 4. The number of anilines is 1. The van der Waals surface area contributed by atoms with Crippen LogP contribution in [-0.4, -0.2) is 36.6 Å². The van der Waals surface area contributed by atoms with Crippen LogP contribution in [0.1, 0.15) is 65.2 Å². The Hall–Kier alpha value is -1.75. The van der Waals surface area contributed by atoms with E-state index in [4.69, 9.17) is 11.6 Å². The van der Waals surface area contributed by atoms with E-state index in [0.717, 1.165) is 0 Å². The number of benzene rings is 1. The fraction of sp³-hybridized carbons (Fsp3) is 0.500. The van der Waals surface area contributed by atoms with E-state index >= 15 is 4.39 Å². The number of aromatic nitrogens is 4. The van der Waals surface area contributed by atoms with E-state index in [2.05, 4.69) is 20.3 Å². The van der Waals surface area contributed by atoms with Crippen LogP contribution in [0.15, 0.2) is 18.3 Å². The predicted octanol–water partition coefficient (Wildman–Crippen LogP) is 6.53. The summed E-state index contributed by atoms with van der Waals surface area (Å²) in [4.78, 5) is 13.0. The molecular formula is C24H30ClF3N5OOs. The van der Waals surface area contributed by atoms with Crippen LogP contribution in [0.4, 0.5) is 19.1 Å². The molecule has 1 aliphatic carbocycles. The van der Waals surface area contributed by atoms with Gasteiger partial charge in [0.25, 0.3) is 0 Å². The Morgan fingerprint density at radius 1 is 1.20 bits per heavy atom. The first-order valence-corrected chi connectivity index (χ1v) is 11.3. The summed E-state index contributed by atoms with van der Waals surface area (Å²) in [6.45, 7) is 7.06. The van der Waals surface area contributed by atoms with Crippen LogP contribution in [0.5, 0.6) is 0 Å². The Kier molecular flexibility index (Phi) is 9.01. The van der Waals surface area contributed by atoms with Crippen molar-refractivity contribution in [2.45, 2.75) is 77.0 Å². The molecule has 35 heavy (non-hydrogen) atoms. The van der Waals surface area contributed by atoms with E-state index in [9.17, 15) is 13.9 Å². The Bertz CT molecular complexity index is 1190. The van der Waals surface area contributed by atoms with Gasteiger partial charge >= 0.3 is 19.8 Å². The third-order valence-electron chi connectivity index (χ3n) is 5.88. The SMILES string of the molecule is CC(C)n1c(C(C)(C)O)nc2c(F)cc(-c3nc(NC4CCC(F)(F)CC4)ncc3Cl)cc21.[CH3-].[Os+].